The monoisotopic (exact) mass is 250 g/mol. The van der Waals surface area contributed by atoms with E-state index in [2.05, 4.69) is 20.3 Å². The number of anilines is 1. The Kier molecular flexibility index (Phi) is 3.29. The molecule has 0 aliphatic carbocycles. The van der Waals surface area contributed by atoms with E-state index in [4.69, 9.17) is 5.11 Å². The zero-order chi connectivity index (χ0) is 12.3. The summed E-state index contributed by atoms with van der Waals surface area (Å²) in [6.45, 7) is 2.26. The summed E-state index contributed by atoms with van der Waals surface area (Å²) in [5.74, 6) is 0.371. The van der Waals surface area contributed by atoms with Crippen molar-refractivity contribution in [2.75, 3.05) is 5.32 Å². The van der Waals surface area contributed by atoms with Gasteiger partial charge in [-0.05, 0) is 13.0 Å². The third kappa shape index (κ3) is 2.97. The Morgan fingerprint density at radius 3 is 3.00 bits per heavy atom. The van der Waals surface area contributed by atoms with E-state index in [-0.39, 0.29) is 5.69 Å². The van der Waals surface area contributed by atoms with Crippen LogP contribution in [0.1, 0.15) is 21.3 Å². The molecule has 0 aliphatic heterocycles. The smallest absolute Gasteiger partial charge is 0.355 e. The van der Waals surface area contributed by atoms with Crippen molar-refractivity contribution in [2.45, 2.75) is 13.5 Å². The quantitative estimate of drug-likeness (QED) is 0.856. The Bertz CT molecular complexity index is 541. The number of hydrogen-bond donors (Lipinski definition) is 2. The van der Waals surface area contributed by atoms with E-state index in [1.165, 1.54) is 16.7 Å². The van der Waals surface area contributed by atoms with Crippen LogP contribution in [0.2, 0.25) is 0 Å². The number of hydrogen-bond acceptors (Lipinski definition) is 6. The maximum absolute atomic E-state index is 10.6. The van der Waals surface area contributed by atoms with Crippen molar-refractivity contribution in [2.24, 2.45) is 0 Å². The van der Waals surface area contributed by atoms with Crippen LogP contribution < -0.4 is 5.32 Å². The first-order chi connectivity index (χ1) is 8.15. The van der Waals surface area contributed by atoms with Crippen LogP contribution in [-0.2, 0) is 6.54 Å². The minimum atomic E-state index is -1.01. The summed E-state index contributed by atoms with van der Waals surface area (Å²) in [6.07, 6.45) is 1.66. The third-order valence-electron chi connectivity index (χ3n) is 1.97. The Morgan fingerprint density at radius 2 is 2.35 bits per heavy atom. The lowest BCUT2D eigenvalue weighted by Crippen LogP contribution is -2.03. The molecule has 7 heteroatoms. The van der Waals surface area contributed by atoms with Gasteiger partial charge in [0.1, 0.15) is 16.6 Å². The highest BCUT2D eigenvalue weighted by molar-refractivity contribution is 7.09. The van der Waals surface area contributed by atoms with Gasteiger partial charge in [0, 0.05) is 11.6 Å². The van der Waals surface area contributed by atoms with Gasteiger partial charge in [-0.3, -0.25) is 0 Å². The highest BCUT2D eigenvalue weighted by Crippen LogP contribution is 2.11. The molecule has 2 aromatic rings. The topological polar surface area (TPSA) is 88.0 Å². The SMILES string of the molecule is Cc1nccc(NCc2nc(C(=O)O)cs2)n1. The maximum Gasteiger partial charge on any atom is 0.355 e. The number of carboxylic acid groups (broad SMARTS) is 1. The lowest BCUT2D eigenvalue weighted by molar-refractivity contribution is 0.0691. The van der Waals surface area contributed by atoms with Crippen LogP contribution in [0.3, 0.4) is 0 Å². The standard InChI is InChI=1S/C10H10N4O2S/c1-6-11-3-2-8(13-6)12-4-9-14-7(5-17-9)10(15)16/h2-3,5H,4H2,1H3,(H,15,16)(H,11,12,13). The second-order valence-corrected chi connectivity index (χ2v) is 4.22. The first-order valence-corrected chi connectivity index (χ1v) is 5.74. The number of carbonyl (C=O) groups is 1. The molecule has 0 bridgehead atoms. The first kappa shape index (κ1) is 11.5. The van der Waals surface area contributed by atoms with Gasteiger partial charge in [-0.25, -0.2) is 19.7 Å². The minimum Gasteiger partial charge on any atom is -0.476 e. The molecule has 0 fully saturated rings. The molecule has 0 saturated carbocycles. The van der Waals surface area contributed by atoms with E-state index in [1.807, 2.05) is 0 Å². The minimum absolute atomic E-state index is 0.0747. The first-order valence-electron chi connectivity index (χ1n) is 4.86. The number of aryl methyl sites for hydroxylation is 1. The zero-order valence-electron chi connectivity index (χ0n) is 9.04. The molecule has 2 heterocycles. The highest BCUT2D eigenvalue weighted by atomic mass is 32.1. The average Bonchev–Trinajstić information content (AvgIpc) is 2.75. The second-order valence-electron chi connectivity index (χ2n) is 3.27. The normalized spacial score (nSPS) is 10.2. The summed E-state index contributed by atoms with van der Waals surface area (Å²) in [6, 6.07) is 1.75. The number of carboxylic acids is 1. The lowest BCUT2D eigenvalue weighted by atomic mass is 10.5. The number of aromatic nitrogens is 3. The van der Waals surface area contributed by atoms with Crippen LogP contribution in [0.15, 0.2) is 17.6 Å². The number of nitrogens with zero attached hydrogens (tertiary/aromatic N) is 3. The second kappa shape index (κ2) is 4.88. The summed E-state index contributed by atoms with van der Waals surface area (Å²) in [4.78, 5) is 22.7. The van der Waals surface area contributed by atoms with Gasteiger partial charge in [0.15, 0.2) is 5.69 Å². The van der Waals surface area contributed by atoms with Gasteiger partial charge in [0.2, 0.25) is 0 Å². The molecule has 2 rings (SSSR count). The molecule has 0 saturated heterocycles. The molecular weight excluding hydrogens is 240 g/mol. The van der Waals surface area contributed by atoms with Crippen molar-refractivity contribution in [1.82, 2.24) is 15.0 Å². The van der Waals surface area contributed by atoms with Crippen molar-refractivity contribution < 1.29 is 9.90 Å². The molecule has 0 aromatic carbocycles. The fraction of sp³-hybridized carbons (Fsp3) is 0.200. The number of nitrogens with one attached hydrogen (secondary N) is 1. The van der Waals surface area contributed by atoms with Gasteiger partial charge in [0.05, 0.1) is 6.54 Å². The Morgan fingerprint density at radius 1 is 1.53 bits per heavy atom. The molecule has 0 spiro atoms. The number of thiazole rings is 1. The zero-order valence-corrected chi connectivity index (χ0v) is 9.86. The molecular formula is C10H10N4O2S. The number of rotatable bonds is 4. The van der Waals surface area contributed by atoms with E-state index in [9.17, 15) is 4.79 Å². The summed E-state index contributed by atoms with van der Waals surface area (Å²) in [7, 11) is 0. The largest absolute Gasteiger partial charge is 0.476 e. The van der Waals surface area contributed by atoms with Gasteiger partial charge < -0.3 is 10.4 Å². The molecule has 17 heavy (non-hydrogen) atoms. The number of aromatic carboxylic acids is 1. The van der Waals surface area contributed by atoms with E-state index in [0.29, 0.717) is 23.2 Å². The van der Waals surface area contributed by atoms with Gasteiger partial charge >= 0.3 is 5.97 Å². The summed E-state index contributed by atoms with van der Waals surface area (Å²) in [5, 5.41) is 14.0. The van der Waals surface area contributed by atoms with Crippen LogP contribution >= 0.6 is 11.3 Å². The molecule has 6 nitrogen and oxygen atoms in total. The van der Waals surface area contributed by atoms with E-state index in [1.54, 1.807) is 19.2 Å². The molecule has 0 aliphatic rings. The summed E-state index contributed by atoms with van der Waals surface area (Å²) < 4.78 is 0. The van der Waals surface area contributed by atoms with Crippen molar-refractivity contribution in [3.8, 4) is 0 Å². The summed E-state index contributed by atoms with van der Waals surface area (Å²) in [5.41, 5.74) is 0.0747. The molecule has 88 valence electrons. The molecule has 0 amide bonds. The van der Waals surface area contributed by atoms with Crippen LogP contribution in [0.4, 0.5) is 5.82 Å². The molecule has 0 radical (unpaired) electrons. The molecule has 2 aromatic heterocycles. The Balaban J connectivity index is 2.00. The van der Waals surface area contributed by atoms with Crippen LogP contribution in [-0.4, -0.2) is 26.0 Å². The van der Waals surface area contributed by atoms with Gasteiger partial charge in [-0.15, -0.1) is 11.3 Å². The fourth-order valence-corrected chi connectivity index (χ4v) is 1.92. The highest BCUT2D eigenvalue weighted by Gasteiger charge is 2.08. The van der Waals surface area contributed by atoms with E-state index >= 15 is 0 Å². The van der Waals surface area contributed by atoms with Crippen LogP contribution in [0, 0.1) is 6.92 Å². The van der Waals surface area contributed by atoms with Gasteiger partial charge in [-0.1, -0.05) is 0 Å². The predicted molar refractivity (Wildman–Crippen MR) is 63.2 cm³/mol. The van der Waals surface area contributed by atoms with Crippen LogP contribution in [0.5, 0.6) is 0 Å². The van der Waals surface area contributed by atoms with E-state index < -0.39 is 5.97 Å². The van der Waals surface area contributed by atoms with Gasteiger partial charge in [-0.2, -0.15) is 0 Å². The predicted octanol–water partition coefficient (Wildman–Crippen LogP) is 1.55. The third-order valence-corrected chi connectivity index (χ3v) is 2.82. The fourth-order valence-electron chi connectivity index (χ4n) is 1.21. The summed E-state index contributed by atoms with van der Waals surface area (Å²) >= 11 is 1.30. The Hall–Kier alpha value is -2.02. The van der Waals surface area contributed by atoms with E-state index in [0.717, 1.165) is 0 Å². The van der Waals surface area contributed by atoms with Crippen molar-refractivity contribution in [3.63, 3.8) is 0 Å². The van der Waals surface area contributed by atoms with Crippen molar-refractivity contribution >= 4 is 23.1 Å². The average molecular weight is 250 g/mol. The van der Waals surface area contributed by atoms with Crippen molar-refractivity contribution in [3.05, 3.63) is 34.2 Å². The van der Waals surface area contributed by atoms with Gasteiger partial charge in [0.25, 0.3) is 0 Å². The van der Waals surface area contributed by atoms with Crippen LogP contribution in [0.25, 0.3) is 0 Å². The Labute approximate surface area is 101 Å². The molecule has 0 atom stereocenters. The molecule has 2 N–H and O–H groups in total. The van der Waals surface area contributed by atoms with Crippen molar-refractivity contribution in [1.29, 1.82) is 0 Å². The molecule has 0 unspecified atom stereocenters. The lowest BCUT2D eigenvalue weighted by Gasteiger charge is -2.02. The maximum atomic E-state index is 10.6.